The molecular weight excluding hydrogens is 130 g/mol. The van der Waals surface area contributed by atoms with Crippen LogP contribution in [0.15, 0.2) is 0 Å². The Morgan fingerprint density at radius 1 is 1.67 bits per heavy atom. The summed E-state index contributed by atoms with van der Waals surface area (Å²) in [6, 6.07) is 0. The predicted octanol–water partition coefficient (Wildman–Crippen LogP) is -0.592. The average Bonchev–Trinajstić information content (AvgIpc) is 1.64. The fraction of sp³-hybridized carbons (Fsp3) is 1.00. The van der Waals surface area contributed by atoms with Crippen molar-refractivity contribution in [1.29, 1.82) is 0 Å². The van der Waals surface area contributed by atoms with Gasteiger partial charge in [0, 0.05) is 42.3 Å². The minimum Gasteiger partial charge on any atom is -0.402 e. The molecule has 1 radical (unpaired) electrons. The van der Waals surface area contributed by atoms with Crippen LogP contribution in [0.25, 0.3) is 0 Å². The van der Waals surface area contributed by atoms with E-state index in [1.165, 1.54) is 0 Å². The fourth-order valence-electron chi connectivity index (χ4n) is 0.641. The molecule has 1 aliphatic rings. The van der Waals surface area contributed by atoms with Gasteiger partial charge in [0.2, 0.25) is 0 Å². The minimum atomic E-state index is -0.987. The summed E-state index contributed by atoms with van der Waals surface area (Å²) in [5, 5.41) is 8.64. The normalized spacial score (nSPS) is 27.3. The molecule has 3 nitrogen and oxygen atoms in total. The van der Waals surface area contributed by atoms with Gasteiger partial charge in [0.1, 0.15) is 0 Å². The third-order valence-electron chi connectivity index (χ3n) is 1.13. The first-order valence-corrected chi connectivity index (χ1v) is 2.74. The molecule has 1 N–H and O–H groups in total. The van der Waals surface area contributed by atoms with Gasteiger partial charge in [-0.2, -0.15) is 0 Å². The van der Waals surface area contributed by atoms with Crippen LogP contribution in [0.4, 0.5) is 0 Å². The summed E-state index contributed by atoms with van der Waals surface area (Å²) in [6.07, 6.45) is 1.01. The topological polar surface area (TPSA) is 38.7 Å². The van der Waals surface area contributed by atoms with Crippen LogP contribution in [0.5, 0.6) is 0 Å². The van der Waals surface area contributed by atoms with Gasteiger partial charge >= 0.3 is 7.32 Å². The Morgan fingerprint density at radius 3 is 2.67 bits per heavy atom. The zero-order valence-corrected chi connectivity index (χ0v) is 7.83. The molecule has 1 unspecified atom stereocenters. The van der Waals surface area contributed by atoms with Crippen LogP contribution in [-0.4, -0.2) is 54.6 Å². The van der Waals surface area contributed by atoms with Crippen molar-refractivity contribution >= 4 is 36.9 Å². The Bertz CT molecular complexity index is 74.2. The molecule has 9 heavy (non-hydrogen) atoms. The Labute approximate surface area is 77.2 Å². The zero-order valence-electron chi connectivity index (χ0n) is 5.83. The van der Waals surface area contributed by atoms with E-state index in [2.05, 4.69) is 4.65 Å². The summed E-state index contributed by atoms with van der Waals surface area (Å²) in [5.41, 5.74) is 0. The average molecular weight is 139 g/mol. The maximum Gasteiger partial charge on any atom is 0.636 e. The molecule has 1 saturated heterocycles. The molecule has 1 aliphatic heterocycles. The fourth-order valence-corrected chi connectivity index (χ4v) is 0.641. The van der Waals surface area contributed by atoms with Gasteiger partial charge < -0.3 is 14.3 Å². The summed E-state index contributed by atoms with van der Waals surface area (Å²) in [7, 11) is -0.987. The van der Waals surface area contributed by atoms with Crippen LogP contribution in [0, 0.1) is 0 Å². The van der Waals surface area contributed by atoms with E-state index in [1.807, 2.05) is 6.92 Å². The van der Waals surface area contributed by atoms with Crippen molar-refractivity contribution < 1.29 is 14.3 Å². The van der Waals surface area contributed by atoms with Crippen LogP contribution in [0.1, 0.15) is 13.3 Å². The van der Waals surface area contributed by atoms with Crippen molar-refractivity contribution in [3.63, 3.8) is 0 Å². The van der Waals surface area contributed by atoms with E-state index in [-0.39, 0.29) is 35.7 Å². The molecule has 47 valence electrons. The third kappa shape index (κ3) is 3.60. The molecule has 1 heterocycles. The predicted molar refractivity (Wildman–Crippen MR) is 34.8 cm³/mol. The molecule has 5 heteroatoms. The van der Waals surface area contributed by atoms with Gasteiger partial charge in [-0.25, -0.2) is 0 Å². The van der Waals surface area contributed by atoms with Crippen LogP contribution in [0.2, 0.25) is 0 Å². The molecule has 0 spiro atoms. The second-order valence-corrected chi connectivity index (χ2v) is 1.91. The third-order valence-corrected chi connectivity index (χ3v) is 1.13. The monoisotopic (exact) mass is 139 g/mol. The maximum atomic E-state index is 8.64. The molecule has 1 rings (SSSR count). The zero-order chi connectivity index (χ0) is 5.98. The van der Waals surface area contributed by atoms with Gasteiger partial charge in [-0.3, -0.25) is 0 Å². The standard InChI is InChI=1S/C4H9BO3.Na/c1-4-2-3-7-5(6)8-4;/h4,6H,2-3H2,1H3;. The van der Waals surface area contributed by atoms with E-state index >= 15 is 0 Å². The van der Waals surface area contributed by atoms with Gasteiger partial charge in [-0.1, -0.05) is 0 Å². The summed E-state index contributed by atoms with van der Waals surface area (Å²) in [6.45, 7) is 2.51. The van der Waals surface area contributed by atoms with Crippen molar-refractivity contribution in [3.8, 4) is 0 Å². The molecular formula is C4H9BNaO3. The molecule has 1 fully saturated rings. The molecule has 0 aromatic heterocycles. The Morgan fingerprint density at radius 2 is 2.33 bits per heavy atom. The van der Waals surface area contributed by atoms with Gasteiger partial charge in [0.15, 0.2) is 0 Å². The van der Waals surface area contributed by atoms with Crippen molar-refractivity contribution in [2.24, 2.45) is 0 Å². The molecule has 0 aromatic carbocycles. The van der Waals surface area contributed by atoms with Gasteiger partial charge in [0.25, 0.3) is 0 Å². The van der Waals surface area contributed by atoms with E-state index in [0.29, 0.717) is 6.61 Å². The van der Waals surface area contributed by atoms with Gasteiger partial charge in [0.05, 0.1) is 0 Å². The number of hydrogen-bond donors (Lipinski definition) is 1. The number of rotatable bonds is 0. The summed E-state index contributed by atoms with van der Waals surface area (Å²) in [5.74, 6) is 0. The van der Waals surface area contributed by atoms with Gasteiger partial charge in [-0.05, 0) is 13.3 Å². The molecule has 0 bridgehead atoms. The Kier molecular flexibility index (Phi) is 5.21. The van der Waals surface area contributed by atoms with E-state index in [1.54, 1.807) is 0 Å². The van der Waals surface area contributed by atoms with Crippen molar-refractivity contribution in [1.82, 2.24) is 0 Å². The Balaban J connectivity index is 0.000000640. The first-order valence-electron chi connectivity index (χ1n) is 2.74. The smallest absolute Gasteiger partial charge is 0.402 e. The SMILES string of the molecule is CC1CCOB(O)O1.[Na]. The van der Waals surface area contributed by atoms with Crippen molar-refractivity contribution in [2.45, 2.75) is 19.4 Å². The Hall–Kier alpha value is 0.945. The first kappa shape index (κ1) is 9.94. The molecule has 0 aliphatic carbocycles. The van der Waals surface area contributed by atoms with Crippen LogP contribution in [-0.2, 0) is 9.31 Å². The molecule has 0 saturated carbocycles. The van der Waals surface area contributed by atoms with E-state index in [9.17, 15) is 0 Å². The summed E-state index contributed by atoms with van der Waals surface area (Å²) < 4.78 is 9.50. The van der Waals surface area contributed by atoms with Gasteiger partial charge in [-0.15, -0.1) is 0 Å². The maximum absolute atomic E-state index is 8.64. The van der Waals surface area contributed by atoms with E-state index in [4.69, 9.17) is 9.68 Å². The van der Waals surface area contributed by atoms with Crippen LogP contribution < -0.4 is 0 Å². The van der Waals surface area contributed by atoms with Crippen LogP contribution >= 0.6 is 0 Å². The second-order valence-electron chi connectivity index (χ2n) is 1.91. The van der Waals surface area contributed by atoms with Crippen molar-refractivity contribution in [3.05, 3.63) is 0 Å². The van der Waals surface area contributed by atoms with Crippen molar-refractivity contribution in [2.75, 3.05) is 6.61 Å². The summed E-state index contributed by atoms with van der Waals surface area (Å²) in [4.78, 5) is 0. The first-order chi connectivity index (χ1) is 3.79. The van der Waals surface area contributed by atoms with Crippen LogP contribution in [0.3, 0.4) is 0 Å². The molecule has 1 atom stereocenters. The second kappa shape index (κ2) is 4.71. The number of hydrogen-bond acceptors (Lipinski definition) is 3. The molecule has 0 amide bonds. The van der Waals surface area contributed by atoms with E-state index in [0.717, 1.165) is 6.42 Å². The quantitative estimate of drug-likeness (QED) is 0.455. The largest absolute Gasteiger partial charge is 0.636 e. The molecule has 0 aromatic rings. The minimum absolute atomic E-state index is 0. The van der Waals surface area contributed by atoms with E-state index < -0.39 is 7.32 Å². The summed E-state index contributed by atoms with van der Waals surface area (Å²) >= 11 is 0.